The van der Waals surface area contributed by atoms with Crippen LogP contribution in [-0.2, 0) is 9.53 Å². The van der Waals surface area contributed by atoms with Crippen LogP contribution in [0.25, 0.3) is 10.4 Å². The average Bonchev–Trinajstić information content (AvgIpc) is 3.22. The van der Waals surface area contributed by atoms with Gasteiger partial charge in [0, 0.05) is 4.88 Å². The van der Waals surface area contributed by atoms with Gasteiger partial charge in [0.05, 0.1) is 12.2 Å². The largest absolute Gasteiger partial charge is 0.462 e. The van der Waals surface area contributed by atoms with Crippen LogP contribution in [0.3, 0.4) is 0 Å². The molecule has 0 spiro atoms. The zero-order chi connectivity index (χ0) is 29.5. The first kappa shape index (κ1) is 31.2. The van der Waals surface area contributed by atoms with Gasteiger partial charge in [-0.15, -0.1) is 11.3 Å². The van der Waals surface area contributed by atoms with E-state index in [1.165, 1.54) is 37.3 Å². The van der Waals surface area contributed by atoms with Crippen molar-refractivity contribution in [3.63, 3.8) is 0 Å². The van der Waals surface area contributed by atoms with Gasteiger partial charge in [-0.3, -0.25) is 4.79 Å². The Morgan fingerprint density at radius 2 is 1.29 bits per heavy atom. The molecule has 18 heteroatoms. The predicted molar refractivity (Wildman–Crippen MR) is 105 cm³/mol. The maximum absolute atomic E-state index is 14.2. The molecule has 1 aromatic carbocycles. The molecule has 1 aromatic heterocycles. The van der Waals surface area contributed by atoms with Crippen LogP contribution in [-0.4, -0.2) is 54.3 Å². The number of amides is 1. The van der Waals surface area contributed by atoms with Gasteiger partial charge in [0.1, 0.15) is 5.00 Å². The highest BCUT2D eigenvalue weighted by molar-refractivity contribution is 7.20. The number of carbonyl (C=O) groups excluding carboxylic acids is 2. The second-order valence-electron chi connectivity index (χ2n) is 7.26. The van der Waals surface area contributed by atoms with Gasteiger partial charge in [-0.2, -0.15) is 57.1 Å². The van der Waals surface area contributed by atoms with Gasteiger partial charge in [-0.25, -0.2) is 4.79 Å². The number of hydrogen-bond donors (Lipinski definition) is 1. The van der Waals surface area contributed by atoms with Gasteiger partial charge in [-0.05, 0) is 18.6 Å². The van der Waals surface area contributed by atoms with Crippen LogP contribution in [0.15, 0.2) is 36.4 Å². The molecule has 0 radical (unpaired) electrons. The van der Waals surface area contributed by atoms with Crippen LogP contribution in [0.4, 0.5) is 62.1 Å². The molecule has 1 heterocycles. The monoisotopic (exact) mass is 593 g/mol. The van der Waals surface area contributed by atoms with Gasteiger partial charge < -0.3 is 10.1 Å². The Bertz CT molecular complexity index is 1180. The predicted octanol–water partition coefficient (Wildman–Crippen LogP) is 7.27. The number of carbonyl (C=O) groups is 2. The highest BCUT2D eigenvalue weighted by Gasteiger charge is 2.91. The molecule has 0 aliphatic heterocycles. The third kappa shape index (κ3) is 4.89. The van der Waals surface area contributed by atoms with E-state index >= 15 is 0 Å². The first-order chi connectivity index (χ1) is 17.1. The molecule has 0 saturated heterocycles. The summed E-state index contributed by atoms with van der Waals surface area (Å²) in [7, 11) is 0. The fourth-order valence-corrected chi connectivity index (χ4v) is 3.73. The lowest BCUT2D eigenvalue weighted by Gasteiger charge is -2.39. The molecule has 0 fully saturated rings. The quantitative estimate of drug-likeness (QED) is 0.246. The summed E-state index contributed by atoms with van der Waals surface area (Å²) in [5.41, 5.74) is -0.537. The number of anilines is 1. The lowest BCUT2D eigenvalue weighted by Crippen LogP contribution is -2.71. The summed E-state index contributed by atoms with van der Waals surface area (Å²) < 4.78 is 178. The number of esters is 1. The summed E-state index contributed by atoms with van der Waals surface area (Å²) in [5.74, 6) is -43.9. The molecule has 1 amide bonds. The van der Waals surface area contributed by atoms with E-state index in [0.717, 1.165) is 11.4 Å². The Balaban J connectivity index is 2.53. The summed E-state index contributed by atoms with van der Waals surface area (Å²) in [6, 6.07) is 8.09. The Labute approximate surface area is 207 Å². The molecule has 0 bridgehead atoms. The molecule has 1 N–H and O–H groups in total. The van der Waals surface area contributed by atoms with E-state index in [1.54, 1.807) is 0 Å². The van der Waals surface area contributed by atoms with Crippen LogP contribution in [0.5, 0.6) is 0 Å². The number of thiophene rings is 1. The van der Waals surface area contributed by atoms with Crippen molar-refractivity contribution >= 4 is 28.2 Å². The van der Waals surface area contributed by atoms with Crippen molar-refractivity contribution in [3.05, 3.63) is 42.0 Å². The van der Waals surface area contributed by atoms with E-state index in [2.05, 4.69) is 4.74 Å². The molecule has 2 aromatic rings. The Hall–Kier alpha value is -3.05. The minimum absolute atomic E-state index is 0.0132. The van der Waals surface area contributed by atoms with Crippen LogP contribution in [0.1, 0.15) is 17.3 Å². The Morgan fingerprint density at radius 3 is 1.76 bits per heavy atom. The minimum atomic E-state index is -8.15. The number of benzene rings is 1. The molecule has 0 saturated carbocycles. The van der Waals surface area contributed by atoms with Crippen molar-refractivity contribution in [2.75, 3.05) is 11.9 Å². The van der Waals surface area contributed by atoms with E-state index in [-0.39, 0.29) is 28.4 Å². The van der Waals surface area contributed by atoms with E-state index in [1.807, 2.05) is 0 Å². The van der Waals surface area contributed by atoms with Gasteiger partial charge in [0.2, 0.25) is 0 Å². The molecule has 38 heavy (non-hydrogen) atoms. The number of alkyl halides is 13. The fraction of sp³-hybridized carbons (Fsp3) is 0.400. The van der Waals surface area contributed by atoms with Gasteiger partial charge in [-0.1, -0.05) is 30.3 Å². The number of hydrogen-bond acceptors (Lipinski definition) is 4. The van der Waals surface area contributed by atoms with Crippen molar-refractivity contribution in [2.45, 2.75) is 42.7 Å². The number of halogens is 13. The molecular formula is C20H12F13NO3S. The topological polar surface area (TPSA) is 55.4 Å². The van der Waals surface area contributed by atoms with Crippen molar-refractivity contribution < 1.29 is 71.4 Å². The maximum atomic E-state index is 14.2. The second kappa shape index (κ2) is 9.92. The molecular weight excluding hydrogens is 581 g/mol. The molecule has 2 rings (SSSR count). The SMILES string of the molecule is CCOC(=O)c1cc(-c2ccccc2)sc1NC(=O)C(F)(F)C(F)(F)C(F)(F)C(F)(F)C(F)(F)C(F)(F)F. The zero-order valence-corrected chi connectivity index (χ0v) is 19.0. The van der Waals surface area contributed by atoms with Crippen molar-refractivity contribution in [2.24, 2.45) is 0 Å². The van der Waals surface area contributed by atoms with Gasteiger partial charge >= 0.3 is 47.7 Å². The lowest BCUT2D eigenvalue weighted by atomic mass is 9.93. The average molecular weight is 593 g/mol. The maximum Gasteiger partial charge on any atom is 0.460 e. The molecule has 4 nitrogen and oxygen atoms in total. The van der Waals surface area contributed by atoms with Crippen molar-refractivity contribution in [1.29, 1.82) is 0 Å². The van der Waals surface area contributed by atoms with E-state index in [4.69, 9.17) is 0 Å². The smallest absolute Gasteiger partial charge is 0.460 e. The highest BCUT2D eigenvalue weighted by atomic mass is 32.1. The third-order valence-corrected chi connectivity index (χ3v) is 5.83. The van der Waals surface area contributed by atoms with E-state index in [9.17, 15) is 66.7 Å². The third-order valence-electron chi connectivity index (χ3n) is 4.73. The molecule has 0 unspecified atom stereocenters. The molecule has 0 aliphatic rings. The summed E-state index contributed by atoms with van der Waals surface area (Å²) in [4.78, 5) is 24.0. The second-order valence-corrected chi connectivity index (χ2v) is 8.32. The summed E-state index contributed by atoms with van der Waals surface area (Å²) in [6.45, 7) is 0.931. The fourth-order valence-electron chi connectivity index (χ4n) is 2.68. The van der Waals surface area contributed by atoms with Crippen molar-refractivity contribution in [3.8, 4) is 10.4 Å². The number of nitrogens with one attached hydrogen (secondary N) is 1. The summed E-state index contributed by atoms with van der Waals surface area (Å²) in [5, 5.41) is -0.103. The molecule has 0 atom stereocenters. The van der Waals surface area contributed by atoms with E-state index < -0.39 is 58.2 Å². The summed E-state index contributed by atoms with van der Waals surface area (Å²) >= 11 is 0.227. The van der Waals surface area contributed by atoms with Crippen LogP contribution in [0.2, 0.25) is 0 Å². The van der Waals surface area contributed by atoms with E-state index in [0.29, 0.717) is 0 Å². The Kier molecular flexibility index (Phi) is 8.14. The molecule has 212 valence electrons. The Morgan fingerprint density at radius 1 is 0.789 bits per heavy atom. The number of ether oxygens (including phenoxy) is 1. The van der Waals surface area contributed by atoms with Gasteiger partial charge in [0.15, 0.2) is 0 Å². The lowest BCUT2D eigenvalue weighted by molar-refractivity contribution is -0.435. The normalized spacial score (nSPS) is 13.8. The van der Waals surface area contributed by atoms with Crippen molar-refractivity contribution in [1.82, 2.24) is 0 Å². The van der Waals surface area contributed by atoms with Crippen LogP contribution < -0.4 is 5.32 Å². The minimum Gasteiger partial charge on any atom is -0.462 e. The van der Waals surface area contributed by atoms with Crippen LogP contribution in [0, 0.1) is 0 Å². The first-order valence-corrected chi connectivity index (χ1v) is 10.5. The van der Waals surface area contributed by atoms with Gasteiger partial charge in [0.25, 0.3) is 0 Å². The standard InChI is InChI=1S/C20H12F13NO3S/c1-2-37-13(35)10-8-11(9-6-4-3-5-7-9)38-12(10)34-14(36)15(21,22)16(23,24)17(25,26)18(27,28)19(29,30)20(31,32)33/h3-8H,2H2,1H3,(H,34,36). The molecule has 0 aliphatic carbocycles. The zero-order valence-electron chi connectivity index (χ0n) is 18.2. The first-order valence-electron chi connectivity index (χ1n) is 9.71. The van der Waals surface area contributed by atoms with Crippen LogP contribution >= 0.6 is 11.3 Å². The summed E-state index contributed by atoms with van der Waals surface area (Å²) in [6.07, 6.45) is -7.58. The number of rotatable bonds is 9. The highest BCUT2D eigenvalue weighted by Crippen LogP contribution is 2.60.